The van der Waals surface area contributed by atoms with Crippen LogP contribution in [-0.4, -0.2) is 4.57 Å². The zero-order valence-electron chi connectivity index (χ0n) is 4.76. The van der Waals surface area contributed by atoms with Crippen molar-refractivity contribution in [2.75, 3.05) is 0 Å². The Bertz CT molecular complexity index is 169. The Balaban J connectivity index is 2.84. The van der Waals surface area contributed by atoms with Gasteiger partial charge in [-0.1, -0.05) is 0 Å². The Morgan fingerprint density at radius 2 is 2.50 bits per heavy atom. The van der Waals surface area contributed by atoms with Gasteiger partial charge in [0, 0.05) is 23.4 Å². The van der Waals surface area contributed by atoms with E-state index in [1.54, 1.807) is 0 Å². The van der Waals surface area contributed by atoms with Crippen molar-refractivity contribution in [2.45, 2.75) is 13.5 Å². The fraction of sp³-hybridized carbons (Fsp3) is 0.333. The molecule has 0 aliphatic carbocycles. The molecule has 1 heterocycles. The number of aryl methyl sites for hydroxylation is 1. The lowest BCUT2D eigenvalue weighted by Gasteiger charge is -1.90. The molecular weight excluding hydrogens is 166 g/mol. The summed E-state index contributed by atoms with van der Waals surface area (Å²) in [5.74, 6) is 0. The molecule has 0 aromatic carbocycles. The lowest BCUT2D eigenvalue weighted by atomic mass is 10.7. The van der Waals surface area contributed by atoms with Crippen LogP contribution in [0.1, 0.15) is 6.92 Å². The lowest BCUT2D eigenvalue weighted by molar-refractivity contribution is 0.768. The molecule has 1 rings (SSSR count). The third-order valence-corrected chi connectivity index (χ3v) is 1.55. The molecule has 8 heavy (non-hydrogen) atoms. The van der Waals surface area contributed by atoms with Crippen LogP contribution >= 0.6 is 15.9 Å². The Morgan fingerprint density at radius 3 is 2.75 bits per heavy atom. The van der Waals surface area contributed by atoms with E-state index in [0.29, 0.717) is 0 Å². The molecule has 0 bridgehead atoms. The highest BCUT2D eigenvalue weighted by Crippen LogP contribution is 2.07. The minimum Gasteiger partial charge on any atom is -0.353 e. The summed E-state index contributed by atoms with van der Waals surface area (Å²) in [7, 11) is 0. The summed E-state index contributed by atoms with van der Waals surface area (Å²) in [5.41, 5.74) is 0. The first-order valence-corrected chi connectivity index (χ1v) is 3.43. The molecule has 0 aliphatic rings. The van der Waals surface area contributed by atoms with E-state index in [1.165, 1.54) is 0 Å². The molecule has 0 spiro atoms. The summed E-state index contributed by atoms with van der Waals surface area (Å²) in [5, 5.41) is 0. The molecule has 1 nitrogen and oxygen atoms in total. The largest absolute Gasteiger partial charge is 0.353 e. The molecule has 0 radical (unpaired) electrons. The van der Waals surface area contributed by atoms with E-state index in [2.05, 4.69) is 33.6 Å². The Hall–Kier alpha value is -0.240. The van der Waals surface area contributed by atoms with Crippen molar-refractivity contribution in [3.05, 3.63) is 22.9 Å². The van der Waals surface area contributed by atoms with Crippen LogP contribution in [0.3, 0.4) is 0 Å². The quantitative estimate of drug-likeness (QED) is 0.615. The molecular formula is C6H8BrN. The maximum atomic E-state index is 3.35. The van der Waals surface area contributed by atoms with Crippen LogP contribution in [0, 0.1) is 0 Å². The van der Waals surface area contributed by atoms with Crippen LogP contribution in [0.4, 0.5) is 0 Å². The minimum absolute atomic E-state index is 1.05. The van der Waals surface area contributed by atoms with Crippen molar-refractivity contribution in [3.63, 3.8) is 0 Å². The normalized spacial score (nSPS) is 9.75. The third kappa shape index (κ3) is 1.13. The van der Waals surface area contributed by atoms with Gasteiger partial charge in [0.15, 0.2) is 0 Å². The molecule has 0 saturated heterocycles. The lowest BCUT2D eigenvalue weighted by Crippen LogP contribution is -1.85. The van der Waals surface area contributed by atoms with Crippen molar-refractivity contribution < 1.29 is 0 Å². The zero-order chi connectivity index (χ0) is 5.98. The first-order valence-electron chi connectivity index (χ1n) is 2.64. The Kier molecular flexibility index (Phi) is 1.73. The van der Waals surface area contributed by atoms with Gasteiger partial charge in [-0.2, -0.15) is 0 Å². The van der Waals surface area contributed by atoms with E-state index in [0.717, 1.165) is 11.0 Å². The zero-order valence-corrected chi connectivity index (χ0v) is 6.35. The van der Waals surface area contributed by atoms with Crippen molar-refractivity contribution in [1.82, 2.24) is 4.57 Å². The Labute approximate surface area is 57.4 Å². The van der Waals surface area contributed by atoms with Gasteiger partial charge in [0.05, 0.1) is 0 Å². The average molecular weight is 174 g/mol. The fourth-order valence-corrected chi connectivity index (χ4v) is 0.989. The van der Waals surface area contributed by atoms with Crippen LogP contribution in [-0.2, 0) is 6.54 Å². The second kappa shape index (κ2) is 2.35. The third-order valence-electron chi connectivity index (χ3n) is 1.08. The standard InChI is InChI=1S/C6H8BrN/c1-2-8-4-3-6(7)5-8/h3-5H,2H2,1H3. The summed E-state index contributed by atoms with van der Waals surface area (Å²) in [4.78, 5) is 0. The van der Waals surface area contributed by atoms with Crippen LogP contribution in [0.5, 0.6) is 0 Å². The van der Waals surface area contributed by atoms with Gasteiger partial charge >= 0.3 is 0 Å². The number of aromatic nitrogens is 1. The maximum absolute atomic E-state index is 3.35. The van der Waals surface area contributed by atoms with Gasteiger partial charge in [0.2, 0.25) is 0 Å². The fourth-order valence-electron chi connectivity index (χ4n) is 0.608. The molecule has 1 aromatic heterocycles. The van der Waals surface area contributed by atoms with Gasteiger partial charge in [0.25, 0.3) is 0 Å². The van der Waals surface area contributed by atoms with Gasteiger partial charge in [0.1, 0.15) is 0 Å². The van der Waals surface area contributed by atoms with Crippen LogP contribution in [0.25, 0.3) is 0 Å². The topological polar surface area (TPSA) is 4.93 Å². The first-order chi connectivity index (χ1) is 3.83. The van der Waals surface area contributed by atoms with Gasteiger partial charge in [-0.25, -0.2) is 0 Å². The van der Waals surface area contributed by atoms with Crippen LogP contribution in [0.2, 0.25) is 0 Å². The number of halogens is 1. The second-order valence-corrected chi connectivity index (χ2v) is 2.58. The summed E-state index contributed by atoms with van der Waals surface area (Å²) >= 11 is 3.35. The Morgan fingerprint density at radius 1 is 1.75 bits per heavy atom. The summed E-state index contributed by atoms with van der Waals surface area (Å²) in [6.07, 6.45) is 4.10. The van der Waals surface area contributed by atoms with Crippen LogP contribution < -0.4 is 0 Å². The highest BCUT2D eigenvalue weighted by atomic mass is 79.9. The van der Waals surface area contributed by atoms with E-state index in [-0.39, 0.29) is 0 Å². The molecule has 0 N–H and O–H groups in total. The molecule has 0 fully saturated rings. The molecule has 0 aliphatic heterocycles. The number of hydrogen-bond donors (Lipinski definition) is 0. The summed E-state index contributed by atoms with van der Waals surface area (Å²) < 4.78 is 3.27. The average Bonchev–Trinajstić information content (AvgIpc) is 2.14. The number of nitrogens with zero attached hydrogens (tertiary/aromatic N) is 1. The molecule has 1 aromatic rings. The second-order valence-electron chi connectivity index (χ2n) is 1.66. The van der Waals surface area contributed by atoms with E-state index in [9.17, 15) is 0 Å². The van der Waals surface area contributed by atoms with E-state index < -0.39 is 0 Å². The maximum Gasteiger partial charge on any atom is 0.0351 e. The van der Waals surface area contributed by atoms with E-state index in [4.69, 9.17) is 0 Å². The van der Waals surface area contributed by atoms with Crippen molar-refractivity contribution >= 4 is 15.9 Å². The number of rotatable bonds is 1. The van der Waals surface area contributed by atoms with Gasteiger partial charge in [-0.05, 0) is 28.9 Å². The van der Waals surface area contributed by atoms with Crippen molar-refractivity contribution in [2.24, 2.45) is 0 Å². The SMILES string of the molecule is CCn1ccc(Br)c1. The van der Waals surface area contributed by atoms with Crippen molar-refractivity contribution in [1.29, 1.82) is 0 Å². The molecule has 0 unspecified atom stereocenters. The summed E-state index contributed by atoms with van der Waals surface area (Å²) in [6, 6.07) is 2.03. The van der Waals surface area contributed by atoms with Crippen molar-refractivity contribution in [3.8, 4) is 0 Å². The highest BCUT2D eigenvalue weighted by molar-refractivity contribution is 9.10. The molecule has 0 atom stereocenters. The molecule has 44 valence electrons. The summed E-state index contributed by atoms with van der Waals surface area (Å²) in [6.45, 7) is 3.16. The molecule has 2 heteroatoms. The monoisotopic (exact) mass is 173 g/mol. The van der Waals surface area contributed by atoms with Gasteiger partial charge < -0.3 is 4.57 Å². The molecule has 0 amide bonds. The van der Waals surface area contributed by atoms with E-state index >= 15 is 0 Å². The van der Waals surface area contributed by atoms with Gasteiger partial charge in [-0.3, -0.25) is 0 Å². The minimum atomic E-state index is 1.05. The van der Waals surface area contributed by atoms with Gasteiger partial charge in [-0.15, -0.1) is 0 Å². The van der Waals surface area contributed by atoms with E-state index in [1.807, 2.05) is 12.3 Å². The molecule has 0 saturated carbocycles. The highest BCUT2D eigenvalue weighted by Gasteiger charge is 1.86. The smallest absolute Gasteiger partial charge is 0.0351 e. The predicted octanol–water partition coefficient (Wildman–Crippen LogP) is 2.27. The first kappa shape index (κ1) is 5.89. The van der Waals surface area contributed by atoms with Crippen LogP contribution in [0.15, 0.2) is 22.9 Å². The number of hydrogen-bond acceptors (Lipinski definition) is 0. The predicted molar refractivity (Wildman–Crippen MR) is 37.8 cm³/mol.